The van der Waals surface area contributed by atoms with Gasteiger partial charge in [-0.1, -0.05) is 18.2 Å². The van der Waals surface area contributed by atoms with Crippen LogP contribution in [0.5, 0.6) is 11.5 Å². The number of anilines is 2. The summed E-state index contributed by atoms with van der Waals surface area (Å²) in [7, 11) is 3.08. The van der Waals surface area contributed by atoms with Gasteiger partial charge in [0.25, 0.3) is 5.91 Å². The zero-order valence-corrected chi connectivity index (χ0v) is 13.4. The summed E-state index contributed by atoms with van der Waals surface area (Å²) in [5, 5.41) is 14.7. The maximum Gasteiger partial charge on any atom is 0.267 e. The predicted octanol–water partition coefficient (Wildman–Crippen LogP) is 3.16. The molecule has 0 heterocycles. The molecule has 0 spiro atoms. The standard InChI is InChI=1S/C18H17N3O3/c1-23-16-9-8-15(10-17(16)24-2)20-12-13(11-19)18(22)21-14-6-4-3-5-7-14/h3-10,12,20H,1-2H3,(H,21,22)/b13-12+. The summed E-state index contributed by atoms with van der Waals surface area (Å²) in [5.41, 5.74) is 1.23. The van der Waals surface area contributed by atoms with Crippen molar-refractivity contribution in [1.82, 2.24) is 0 Å². The SMILES string of the molecule is COc1ccc(N/C=C(\C#N)C(=O)Nc2ccccc2)cc1OC. The number of nitrogens with one attached hydrogen (secondary N) is 2. The molecule has 2 aromatic carbocycles. The number of methoxy groups -OCH3 is 2. The Morgan fingerprint density at radius 1 is 1.04 bits per heavy atom. The molecule has 6 heteroatoms. The van der Waals surface area contributed by atoms with Gasteiger partial charge in [-0.3, -0.25) is 4.79 Å². The van der Waals surface area contributed by atoms with Crippen molar-refractivity contribution >= 4 is 17.3 Å². The van der Waals surface area contributed by atoms with Crippen LogP contribution in [0.2, 0.25) is 0 Å². The van der Waals surface area contributed by atoms with Gasteiger partial charge < -0.3 is 20.1 Å². The Morgan fingerprint density at radius 2 is 1.75 bits per heavy atom. The maximum absolute atomic E-state index is 12.1. The fourth-order valence-electron chi connectivity index (χ4n) is 1.95. The minimum atomic E-state index is -0.489. The molecular formula is C18H17N3O3. The van der Waals surface area contributed by atoms with E-state index >= 15 is 0 Å². The lowest BCUT2D eigenvalue weighted by atomic mass is 10.2. The minimum Gasteiger partial charge on any atom is -0.493 e. The van der Waals surface area contributed by atoms with E-state index in [0.29, 0.717) is 22.9 Å². The lowest BCUT2D eigenvalue weighted by Crippen LogP contribution is -2.14. The van der Waals surface area contributed by atoms with Crippen molar-refractivity contribution in [2.45, 2.75) is 0 Å². The number of rotatable bonds is 6. The van der Waals surface area contributed by atoms with E-state index in [9.17, 15) is 10.1 Å². The van der Waals surface area contributed by atoms with E-state index in [4.69, 9.17) is 9.47 Å². The summed E-state index contributed by atoms with van der Waals surface area (Å²) in [6, 6.07) is 16.0. The summed E-state index contributed by atoms with van der Waals surface area (Å²) >= 11 is 0. The average molecular weight is 323 g/mol. The van der Waals surface area contributed by atoms with Crippen molar-refractivity contribution in [1.29, 1.82) is 5.26 Å². The maximum atomic E-state index is 12.1. The quantitative estimate of drug-likeness (QED) is 0.630. The number of hydrogen-bond acceptors (Lipinski definition) is 5. The zero-order valence-electron chi connectivity index (χ0n) is 13.4. The number of benzene rings is 2. The van der Waals surface area contributed by atoms with Crippen LogP contribution in [0.4, 0.5) is 11.4 Å². The van der Waals surface area contributed by atoms with E-state index in [1.165, 1.54) is 13.3 Å². The predicted molar refractivity (Wildman–Crippen MR) is 91.9 cm³/mol. The van der Waals surface area contributed by atoms with Crippen LogP contribution < -0.4 is 20.1 Å². The van der Waals surface area contributed by atoms with Crippen molar-refractivity contribution in [3.8, 4) is 17.6 Å². The number of carbonyl (C=O) groups is 1. The average Bonchev–Trinajstić information content (AvgIpc) is 2.62. The van der Waals surface area contributed by atoms with Gasteiger partial charge in [-0.05, 0) is 24.3 Å². The fraction of sp³-hybridized carbons (Fsp3) is 0.111. The van der Waals surface area contributed by atoms with Crippen LogP contribution in [0.3, 0.4) is 0 Å². The first kappa shape index (κ1) is 16.9. The summed E-state index contributed by atoms with van der Waals surface area (Å²) in [6.07, 6.45) is 1.35. The number of ether oxygens (including phenoxy) is 2. The lowest BCUT2D eigenvalue weighted by molar-refractivity contribution is -0.112. The van der Waals surface area contributed by atoms with E-state index < -0.39 is 5.91 Å². The monoisotopic (exact) mass is 323 g/mol. The van der Waals surface area contributed by atoms with Crippen LogP contribution in [-0.2, 0) is 4.79 Å². The molecule has 1 amide bonds. The van der Waals surface area contributed by atoms with Crippen molar-refractivity contribution < 1.29 is 14.3 Å². The van der Waals surface area contributed by atoms with Gasteiger partial charge in [0.15, 0.2) is 11.5 Å². The summed E-state index contributed by atoms with van der Waals surface area (Å²) in [5.74, 6) is 0.647. The second kappa shape index (κ2) is 8.25. The molecule has 0 aromatic heterocycles. The van der Waals surface area contributed by atoms with E-state index in [0.717, 1.165) is 0 Å². The number of nitrogens with zero attached hydrogens (tertiary/aromatic N) is 1. The Hall–Kier alpha value is -3.46. The highest BCUT2D eigenvalue weighted by Gasteiger charge is 2.09. The summed E-state index contributed by atoms with van der Waals surface area (Å²) in [6.45, 7) is 0. The van der Waals surface area contributed by atoms with Gasteiger partial charge in [0.05, 0.1) is 14.2 Å². The van der Waals surface area contributed by atoms with Crippen LogP contribution in [0.1, 0.15) is 0 Å². The molecule has 0 bridgehead atoms. The molecule has 2 rings (SSSR count). The van der Waals surface area contributed by atoms with E-state index in [2.05, 4.69) is 10.6 Å². The number of para-hydroxylation sites is 1. The fourth-order valence-corrected chi connectivity index (χ4v) is 1.95. The summed E-state index contributed by atoms with van der Waals surface area (Å²) in [4.78, 5) is 12.1. The molecule has 2 N–H and O–H groups in total. The molecular weight excluding hydrogens is 306 g/mol. The third kappa shape index (κ3) is 4.27. The van der Waals surface area contributed by atoms with Crippen molar-refractivity contribution in [2.75, 3.05) is 24.9 Å². The number of hydrogen-bond donors (Lipinski definition) is 2. The molecule has 24 heavy (non-hydrogen) atoms. The van der Waals surface area contributed by atoms with Gasteiger partial charge in [-0.2, -0.15) is 5.26 Å². The van der Waals surface area contributed by atoms with Gasteiger partial charge in [0, 0.05) is 23.6 Å². The number of amides is 1. The van der Waals surface area contributed by atoms with Crippen LogP contribution in [0.25, 0.3) is 0 Å². The van der Waals surface area contributed by atoms with Gasteiger partial charge >= 0.3 is 0 Å². The third-order valence-electron chi connectivity index (χ3n) is 3.16. The molecule has 122 valence electrons. The normalized spacial score (nSPS) is 10.5. The van der Waals surface area contributed by atoms with Gasteiger partial charge in [0.2, 0.25) is 0 Å². The highest BCUT2D eigenvalue weighted by molar-refractivity contribution is 6.06. The first-order chi connectivity index (χ1) is 11.7. The van der Waals surface area contributed by atoms with Gasteiger partial charge in [-0.25, -0.2) is 0 Å². The molecule has 0 fully saturated rings. The van der Waals surface area contributed by atoms with Crippen LogP contribution >= 0.6 is 0 Å². The Bertz CT molecular complexity index is 780. The molecule has 0 radical (unpaired) electrons. The molecule has 0 saturated heterocycles. The molecule has 0 saturated carbocycles. The smallest absolute Gasteiger partial charge is 0.267 e. The van der Waals surface area contributed by atoms with Crippen LogP contribution in [-0.4, -0.2) is 20.1 Å². The van der Waals surface area contributed by atoms with E-state index in [-0.39, 0.29) is 5.57 Å². The molecule has 0 aliphatic carbocycles. The minimum absolute atomic E-state index is 0.0476. The molecule has 2 aromatic rings. The lowest BCUT2D eigenvalue weighted by Gasteiger charge is -2.09. The van der Waals surface area contributed by atoms with Gasteiger partial charge in [-0.15, -0.1) is 0 Å². The summed E-state index contributed by atoms with van der Waals surface area (Å²) < 4.78 is 10.4. The highest BCUT2D eigenvalue weighted by atomic mass is 16.5. The second-order valence-corrected chi connectivity index (χ2v) is 4.70. The third-order valence-corrected chi connectivity index (χ3v) is 3.16. The number of carbonyl (C=O) groups excluding carboxylic acids is 1. The van der Waals surface area contributed by atoms with E-state index in [1.807, 2.05) is 12.1 Å². The first-order valence-electron chi connectivity index (χ1n) is 7.13. The van der Waals surface area contributed by atoms with Gasteiger partial charge in [0.1, 0.15) is 11.6 Å². The Labute approximate surface area is 140 Å². The molecule has 0 aliphatic heterocycles. The van der Waals surface area contributed by atoms with Crippen molar-refractivity contribution in [3.63, 3.8) is 0 Å². The molecule has 6 nitrogen and oxygen atoms in total. The van der Waals surface area contributed by atoms with Crippen molar-refractivity contribution in [2.24, 2.45) is 0 Å². The van der Waals surface area contributed by atoms with Crippen molar-refractivity contribution in [3.05, 3.63) is 60.3 Å². The Balaban J connectivity index is 2.11. The van der Waals surface area contributed by atoms with Crippen LogP contribution in [0.15, 0.2) is 60.3 Å². The first-order valence-corrected chi connectivity index (χ1v) is 7.13. The second-order valence-electron chi connectivity index (χ2n) is 4.70. The largest absolute Gasteiger partial charge is 0.493 e. The Morgan fingerprint density at radius 3 is 2.38 bits per heavy atom. The number of nitriles is 1. The molecule has 0 atom stereocenters. The zero-order chi connectivity index (χ0) is 17.4. The molecule has 0 unspecified atom stereocenters. The highest BCUT2D eigenvalue weighted by Crippen LogP contribution is 2.29. The molecule has 0 aliphatic rings. The van der Waals surface area contributed by atoms with Crippen LogP contribution in [0, 0.1) is 11.3 Å². The van der Waals surface area contributed by atoms with E-state index in [1.54, 1.807) is 49.6 Å². The Kier molecular flexibility index (Phi) is 5.81. The topological polar surface area (TPSA) is 83.4 Å².